The SMILES string of the molecule is Cc1c(CN2C[C@@H]3CN(C)[C@@H](c4cccc(F)c4)[C@@H]3C2)cnn1C. The number of aryl methyl sites for hydroxylation is 1. The molecule has 128 valence electrons. The van der Waals surface area contributed by atoms with Crippen LogP contribution in [0.4, 0.5) is 4.39 Å². The molecule has 0 spiro atoms. The van der Waals surface area contributed by atoms with Gasteiger partial charge in [0.2, 0.25) is 0 Å². The van der Waals surface area contributed by atoms with Crippen molar-refractivity contribution in [2.75, 3.05) is 26.7 Å². The van der Waals surface area contributed by atoms with Gasteiger partial charge in [-0.15, -0.1) is 0 Å². The number of fused-ring (bicyclic) bond motifs is 1. The Morgan fingerprint density at radius 2 is 2.04 bits per heavy atom. The van der Waals surface area contributed by atoms with Crippen LogP contribution in [-0.2, 0) is 13.6 Å². The van der Waals surface area contributed by atoms with Crippen LogP contribution in [0.3, 0.4) is 0 Å². The van der Waals surface area contributed by atoms with Crippen LogP contribution in [-0.4, -0.2) is 46.3 Å². The first-order valence-corrected chi connectivity index (χ1v) is 8.68. The normalized spacial score (nSPS) is 27.8. The van der Waals surface area contributed by atoms with Crippen LogP contribution in [0, 0.1) is 24.6 Å². The van der Waals surface area contributed by atoms with Crippen LogP contribution in [0.25, 0.3) is 0 Å². The molecule has 1 aromatic heterocycles. The van der Waals surface area contributed by atoms with Crippen molar-refractivity contribution in [3.63, 3.8) is 0 Å². The predicted molar refractivity (Wildman–Crippen MR) is 92.0 cm³/mol. The van der Waals surface area contributed by atoms with Gasteiger partial charge in [-0.1, -0.05) is 12.1 Å². The Morgan fingerprint density at radius 3 is 2.75 bits per heavy atom. The van der Waals surface area contributed by atoms with E-state index in [0.717, 1.165) is 31.7 Å². The molecule has 2 aliphatic heterocycles. The van der Waals surface area contributed by atoms with Gasteiger partial charge in [0.15, 0.2) is 0 Å². The number of halogens is 1. The largest absolute Gasteiger partial charge is 0.299 e. The van der Waals surface area contributed by atoms with E-state index in [1.165, 1.54) is 17.3 Å². The third-order valence-corrected chi connectivity index (χ3v) is 5.89. The van der Waals surface area contributed by atoms with E-state index in [9.17, 15) is 4.39 Å². The highest BCUT2D eigenvalue weighted by Crippen LogP contribution is 2.44. The van der Waals surface area contributed by atoms with E-state index < -0.39 is 0 Å². The minimum Gasteiger partial charge on any atom is -0.299 e. The number of likely N-dealkylation sites (tertiary alicyclic amines) is 2. The summed E-state index contributed by atoms with van der Waals surface area (Å²) in [6.07, 6.45) is 1.99. The summed E-state index contributed by atoms with van der Waals surface area (Å²) in [6, 6.07) is 7.46. The summed E-state index contributed by atoms with van der Waals surface area (Å²) in [4.78, 5) is 4.94. The Morgan fingerprint density at radius 1 is 1.21 bits per heavy atom. The second-order valence-corrected chi connectivity index (χ2v) is 7.44. The molecule has 2 aliphatic rings. The number of nitrogens with zero attached hydrogens (tertiary/aromatic N) is 4. The summed E-state index contributed by atoms with van der Waals surface area (Å²) >= 11 is 0. The van der Waals surface area contributed by atoms with E-state index in [4.69, 9.17) is 0 Å². The van der Waals surface area contributed by atoms with E-state index in [1.807, 2.05) is 24.0 Å². The first-order chi connectivity index (χ1) is 11.5. The van der Waals surface area contributed by atoms with E-state index >= 15 is 0 Å². The lowest BCUT2D eigenvalue weighted by Gasteiger charge is -2.26. The van der Waals surface area contributed by atoms with Crippen LogP contribution in [0.2, 0.25) is 0 Å². The summed E-state index contributed by atoms with van der Waals surface area (Å²) in [6.45, 7) is 6.38. The summed E-state index contributed by atoms with van der Waals surface area (Å²) in [7, 11) is 4.16. The fourth-order valence-electron chi connectivity index (χ4n) is 4.61. The third kappa shape index (κ3) is 2.66. The Kier molecular flexibility index (Phi) is 3.93. The van der Waals surface area contributed by atoms with Crippen molar-refractivity contribution in [1.29, 1.82) is 0 Å². The Balaban J connectivity index is 1.51. The van der Waals surface area contributed by atoms with Gasteiger partial charge in [0.25, 0.3) is 0 Å². The van der Waals surface area contributed by atoms with Crippen molar-refractivity contribution in [1.82, 2.24) is 19.6 Å². The molecule has 5 heteroatoms. The van der Waals surface area contributed by atoms with Gasteiger partial charge in [-0.2, -0.15) is 5.10 Å². The molecule has 3 heterocycles. The molecular weight excluding hydrogens is 303 g/mol. The van der Waals surface area contributed by atoms with E-state index in [2.05, 4.69) is 34.9 Å². The van der Waals surface area contributed by atoms with Crippen LogP contribution in [0.15, 0.2) is 30.5 Å². The third-order valence-electron chi connectivity index (χ3n) is 5.89. The zero-order valence-corrected chi connectivity index (χ0v) is 14.6. The number of hydrogen-bond acceptors (Lipinski definition) is 3. The van der Waals surface area contributed by atoms with Crippen LogP contribution in [0.5, 0.6) is 0 Å². The molecule has 2 fully saturated rings. The fraction of sp³-hybridized carbons (Fsp3) is 0.526. The van der Waals surface area contributed by atoms with Gasteiger partial charge in [0, 0.05) is 50.5 Å². The number of rotatable bonds is 3. The second kappa shape index (κ2) is 5.97. The monoisotopic (exact) mass is 328 g/mol. The molecule has 1 aromatic carbocycles. The van der Waals surface area contributed by atoms with Gasteiger partial charge in [-0.25, -0.2) is 4.39 Å². The van der Waals surface area contributed by atoms with Crippen molar-refractivity contribution >= 4 is 0 Å². The minimum absolute atomic E-state index is 0.134. The lowest BCUT2D eigenvalue weighted by atomic mass is 9.89. The summed E-state index contributed by atoms with van der Waals surface area (Å²) in [5.41, 5.74) is 3.67. The molecule has 3 atom stereocenters. The first kappa shape index (κ1) is 15.8. The maximum atomic E-state index is 13.7. The molecule has 0 unspecified atom stereocenters. The van der Waals surface area contributed by atoms with Gasteiger partial charge < -0.3 is 0 Å². The van der Waals surface area contributed by atoms with Crippen molar-refractivity contribution in [3.05, 3.63) is 53.1 Å². The molecule has 0 bridgehead atoms. The summed E-state index contributed by atoms with van der Waals surface area (Å²) in [5, 5.41) is 4.35. The molecule has 2 saturated heterocycles. The molecule has 2 aromatic rings. The van der Waals surface area contributed by atoms with E-state index in [1.54, 1.807) is 6.07 Å². The molecule has 4 rings (SSSR count). The van der Waals surface area contributed by atoms with Crippen molar-refractivity contribution in [3.8, 4) is 0 Å². The Labute approximate surface area is 142 Å². The van der Waals surface area contributed by atoms with Crippen LogP contribution in [0.1, 0.15) is 22.9 Å². The number of benzene rings is 1. The van der Waals surface area contributed by atoms with Gasteiger partial charge in [-0.3, -0.25) is 14.5 Å². The average Bonchev–Trinajstić information content (AvgIpc) is 3.15. The van der Waals surface area contributed by atoms with E-state index in [0.29, 0.717) is 17.9 Å². The molecule has 24 heavy (non-hydrogen) atoms. The molecule has 0 radical (unpaired) electrons. The highest BCUT2D eigenvalue weighted by atomic mass is 19.1. The molecule has 4 nitrogen and oxygen atoms in total. The van der Waals surface area contributed by atoms with Gasteiger partial charge in [-0.05, 0) is 43.5 Å². The lowest BCUT2D eigenvalue weighted by Crippen LogP contribution is -2.29. The fourth-order valence-corrected chi connectivity index (χ4v) is 4.61. The number of hydrogen-bond donors (Lipinski definition) is 0. The van der Waals surface area contributed by atoms with Gasteiger partial charge in [0.05, 0.1) is 6.20 Å². The standard InChI is InChI=1S/C19H25FN4/c1-13-15(8-21-23(13)3)10-24-11-16-9-22(2)19(18(16)12-24)14-5-4-6-17(20)7-14/h4-8,16,18-19H,9-12H2,1-3H3/t16-,18+,19-/m0/s1. The lowest BCUT2D eigenvalue weighted by molar-refractivity contribution is 0.224. The molecule has 0 saturated carbocycles. The maximum Gasteiger partial charge on any atom is 0.123 e. The second-order valence-electron chi connectivity index (χ2n) is 7.44. The Hall–Kier alpha value is -1.72. The predicted octanol–water partition coefficient (Wildman–Crippen LogP) is 2.60. The highest BCUT2D eigenvalue weighted by Gasteiger charge is 2.46. The quantitative estimate of drug-likeness (QED) is 0.866. The maximum absolute atomic E-state index is 13.7. The molecule has 0 N–H and O–H groups in total. The van der Waals surface area contributed by atoms with Gasteiger partial charge in [0.1, 0.15) is 5.82 Å². The minimum atomic E-state index is -0.134. The van der Waals surface area contributed by atoms with Crippen molar-refractivity contribution in [2.24, 2.45) is 18.9 Å². The highest BCUT2D eigenvalue weighted by molar-refractivity contribution is 5.24. The van der Waals surface area contributed by atoms with E-state index in [-0.39, 0.29) is 5.82 Å². The smallest absolute Gasteiger partial charge is 0.123 e. The molecule has 0 amide bonds. The first-order valence-electron chi connectivity index (χ1n) is 8.68. The average molecular weight is 328 g/mol. The molecular formula is C19H25FN4. The summed E-state index contributed by atoms with van der Waals surface area (Å²) < 4.78 is 15.6. The van der Waals surface area contributed by atoms with Crippen molar-refractivity contribution in [2.45, 2.75) is 19.5 Å². The molecule has 0 aliphatic carbocycles. The summed E-state index contributed by atoms with van der Waals surface area (Å²) in [5.74, 6) is 1.11. The topological polar surface area (TPSA) is 24.3 Å². The Bertz CT molecular complexity index is 741. The van der Waals surface area contributed by atoms with Gasteiger partial charge >= 0.3 is 0 Å². The van der Waals surface area contributed by atoms with Crippen molar-refractivity contribution < 1.29 is 4.39 Å². The van der Waals surface area contributed by atoms with Crippen LogP contribution < -0.4 is 0 Å². The number of aromatic nitrogens is 2. The zero-order chi connectivity index (χ0) is 16.8. The van der Waals surface area contributed by atoms with Crippen LogP contribution >= 0.6 is 0 Å². The zero-order valence-electron chi connectivity index (χ0n) is 14.6.